The van der Waals surface area contributed by atoms with Crippen LogP contribution < -0.4 is 5.73 Å². The summed E-state index contributed by atoms with van der Waals surface area (Å²) in [6, 6.07) is 8.13. The summed E-state index contributed by atoms with van der Waals surface area (Å²) < 4.78 is 18.6. The molecule has 1 aliphatic carbocycles. The SMILES string of the molecule is COCCS(=O)c1sc2nc(-c3cnc4ncccc4c3)cc(C3CCC3)c2c1N. The normalized spacial score (nSPS) is 15.5. The van der Waals surface area contributed by atoms with E-state index in [0.717, 1.165) is 45.3 Å². The molecular weight excluding hydrogens is 416 g/mol. The number of ether oxygens (including phenoxy) is 1. The van der Waals surface area contributed by atoms with E-state index in [-0.39, 0.29) is 0 Å². The van der Waals surface area contributed by atoms with Crippen molar-refractivity contribution in [3.8, 4) is 11.3 Å². The van der Waals surface area contributed by atoms with Crippen molar-refractivity contribution in [2.45, 2.75) is 29.4 Å². The summed E-state index contributed by atoms with van der Waals surface area (Å²) in [6.45, 7) is 0.436. The van der Waals surface area contributed by atoms with Crippen LogP contribution in [0.2, 0.25) is 0 Å². The third-order valence-corrected chi connectivity index (χ3v) is 8.54. The van der Waals surface area contributed by atoms with Crippen LogP contribution in [0.5, 0.6) is 0 Å². The molecule has 0 aromatic carbocycles. The maximum Gasteiger partial charge on any atom is 0.159 e. The molecule has 0 saturated heterocycles. The van der Waals surface area contributed by atoms with Crippen molar-refractivity contribution < 1.29 is 8.95 Å². The lowest BCUT2D eigenvalue weighted by atomic mass is 9.79. The molecule has 4 heterocycles. The number of nitrogen functional groups attached to an aromatic ring is 1. The van der Waals surface area contributed by atoms with Gasteiger partial charge in [0.2, 0.25) is 0 Å². The van der Waals surface area contributed by atoms with Crippen molar-refractivity contribution in [3.63, 3.8) is 0 Å². The fraction of sp³-hybridized carbons (Fsp3) is 0.318. The monoisotopic (exact) mass is 438 g/mol. The summed E-state index contributed by atoms with van der Waals surface area (Å²) in [7, 11) is 0.418. The first kappa shape index (κ1) is 19.5. The zero-order chi connectivity index (χ0) is 20.7. The molecule has 5 rings (SSSR count). The molecule has 0 radical (unpaired) electrons. The Morgan fingerprint density at radius 2 is 2.17 bits per heavy atom. The van der Waals surface area contributed by atoms with Gasteiger partial charge >= 0.3 is 0 Å². The Kier molecular flexibility index (Phi) is 5.22. The van der Waals surface area contributed by atoms with Crippen LogP contribution in [0.4, 0.5) is 5.69 Å². The number of nitrogens with two attached hydrogens (primary N) is 1. The second kappa shape index (κ2) is 8.02. The van der Waals surface area contributed by atoms with Crippen molar-refractivity contribution in [3.05, 3.63) is 42.2 Å². The van der Waals surface area contributed by atoms with Crippen molar-refractivity contribution >= 4 is 49.1 Å². The topological polar surface area (TPSA) is 91.0 Å². The second-order valence-electron chi connectivity index (χ2n) is 7.52. The minimum Gasteiger partial charge on any atom is -0.396 e. The van der Waals surface area contributed by atoms with E-state index in [2.05, 4.69) is 22.1 Å². The number of fused-ring (bicyclic) bond motifs is 2. The van der Waals surface area contributed by atoms with Gasteiger partial charge in [-0.15, -0.1) is 11.3 Å². The number of anilines is 1. The van der Waals surface area contributed by atoms with E-state index in [1.54, 1.807) is 13.3 Å². The van der Waals surface area contributed by atoms with E-state index in [1.807, 2.05) is 18.3 Å². The van der Waals surface area contributed by atoms with E-state index < -0.39 is 10.8 Å². The Bertz CT molecular complexity index is 1270. The molecule has 4 aromatic heterocycles. The van der Waals surface area contributed by atoms with Crippen LogP contribution in [0.1, 0.15) is 30.7 Å². The van der Waals surface area contributed by atoms with Gasteiger partial charge in [0.15, 0.2) is 5.65 Å². The predicted molar refractivity (Wildman–Crippen MR) is 122 cm³/mol. The molecule has 1 saturated carbocycles. The highest BCUT2D eigenvalue weighted by atomic mass is 32.2. The lowest BCUT2D eigenvalue weighted by molar-refractivity contribution is 0.218. The van der Waals surface area contributed by atoms with E-state index in [4.69, 9.17) is 15.5 Å². The van der Waals surface area contributed by atoms with Crippen LogP contribution in [0.25, 0.3) is 32.5 Å². The molecule has 1 unspecified atom stereocenters. The van der Waals surface area contributed by atoms with Crippen molar-refractivity contribution in [1.29, 1.82) is 0 Å². The molecular formula is C22H22N4O2S2. The number of methoxy groups -OCH3 is 1. The average molecular weight is 439 g/mol. The molecule has 8 heteroatoms. The lowest BCUT2D eigenvalue weighted by Gasteiger charge is -2.27. The third kappa shape index (κ3) is 3.38. The summed E-state index contributed by atoms with van der Waals surface area (Å²) in [4.78, 5) is 14.6. The average Bonchev–Trinajstić information content (AvgIpc) is 3.07. The van der Waals surface area contributed by atoms with Crippen LogP contribution in [-0.2, 0) is 15.5 Å². The van der Waals surface area contributed by atoms with Gasteiger partial charge < -0.3 is 10.5 Å². The van der Waals surface area contributed by atoms with Gasteiger partial charge in [0.25, 0.3) is 0 Å². The molecule has 0 aliphatic heterocycles. The fourth-order valence-corrected chi connectivity index (χ4v) is 6.42. The predicted octanol–water partition coefficient (Wildman–Crippen LogP) is 4.51. The summed E-state index contributed by atoms with van der Waals surface area (Å²) in [5.41, 5.74) is 10.9. The number of nitrogens with zero attached hydrogens (tertiary/aromatic N) is 3. The van der Waals surface area contributed by atoms with Gasteiger partial charge in [-0.05, 0) is 48.6 Å². The maximum atomic E-state index is 12.8. The smallest absolute Gasteiger partial charge is 0.159 e. The number of pyridine rings is 3. The van der Waals surface area contributed by atoms with E-state index in [9.17, 15) is 4.21 Å². The standard InChI is InChI=1S/C22H22N4O2S2/c1-28-8-9-30(27)22-19(23)18-16(13-4-2-5-13)11-17(26-21(18)29-22)15-10-14-6-3-7-24-20(14)25-12-15/h3,6-7,10-13H,2,4-5,8-9,23H2,1H3. The molecule has 4 aromatic rings. The minimum atomic E-state index is -1.19. The molecule has 30 heavy (non-hydrogen) atoms. The van der Waals surface area contributed by atoms with Crippen LogP contribution in [0, 0.1) is 0 Å². The molecule has 6 nitrogen and oxygen atoms in total. The number of hydrogen-bond acceptors (Lipinski definition) is 7. The van der Waals surface area contributed by atoms with E-state index in [0.29, 0.717) is 28.2 Å². The lowest BCUT2D eigenvalue weighted by Crippen LogP contribution is -2.10. The first-order chi connectivity index (χ1) is 14.7. The van der Waals surface area contributed by atoms with Crippen LogP contribution in [-0.4, -0.2) is 38.6 Å². The zero-order valence-electron chi connectivity index (χ0n) is 16.6. The molecule has 1 fully saturated rings. The summed E-state index contributed by atoms with van der Waals surface area (Å²) in [5.74, 6) is 0.905. The highest BCUT2D eigenvalue weighted by Gasteiger charge is 2.27. The van der Waals surface area contributed by atoms with Crippen molar-refractivity contribution in [2.75, 3.05) is 25.2 Å². The van der Waals surface area contributed by atoms with Crippen LogP contribution >= 0.6 is 11.3 Å². The first-order valence-corrected chi connectivity index (χ1v) is 12.1. The Balaban J connectivity index is 1.66. The largest absolute Gasteiger partial charge is 0.396 e. The first-order valence-electron chi connectivity index (χ1n) is 9.97. The summed E-state index contributed by atoms with van der Waals surface area (Å²) >= 11 is 1.44. The summed E-state index contributed by atoms with van der Waals surface area (Å²) in [5, 5.41) is 1.96. The Morgan fingerprint density at radius 1 is 1.30 bits per heavy atom. The highest BCUT2D eigenvalue weighted by molar-refractivity contribution is 7.87. The second-order valence-corrected chi connectivity index (χ2v) is 10.3. The maximum absolute atomic E-state index is 12.8. The van der Waals surface area contributed by atoms with Gasteiger partial charge in [0.1, 0.15) is 9.04 Å². The number of thiophene rings is 1. The Hall–Kier alpha value is -2.42. The fourth-order valence-electron chi connectivity index (χ4n) is 3.85. The number of rotatable bonds is 6. The molecule has 1 atom stereocenters. The molecule has 2 N–H and O–H groups in total. The van der Waals surface area contributed by atoms with Gasteiger partial charge in [0.05, 0.1) is 34.5 Å². The Labute approximate surface area is 181 Å². The van der Waals surface area contributed by atoms with Gasteiger partial charge in [0, 0.05) is 35.8 Å². The van der Waals surface area contributed by atoms with Gasteiger partial charge in [-0.1, -0.05) is 6.42 Å². The van der Waals surface area contributed by atoms with Crippen molar-refractivity contribution in [1.82, 2.24) is 15.0 Å². The summed E-state index contributed by atoms with van der Waals surface area (Å²) in [6.07, 6.45) is 7.09. The van der Waals surface area contributed by atoms with Gasteiger partial charge in [-0.25, -0.2) is 15.0 Å². The van der Waals surface area contributed by atoms with Crippen LogP contribution in [0.3, 0.4) is 0 Å². The molecule has 0 amide bonds. The molecule has 1 aliphatic rings. The quantitative estimate of drug-likeness (QED) is 0.476. The Morgan fingerprint density at radius 3 is 2.93 bits per heavy atom. The van der Waals surface area contributed by atoms with Gasteiger partial charge in [-0.3, -0.25) is 4.21 Å². The molecule has 0 spiro atoms. The third-order valence-electron chi connectivity index (χ3n) is 5.67. The zero-order valence-corrected chi connectivity index (χ0v) is 18.3. The molecule has 0 bridgehead atoms. The van der Waals surface area contributed by atoms with E-state index in [1.165, 1.54) is 23.3 Å². The van der Waals surface area contributed by atoms with E-state index >= 15 is 0 Å². The number of aromatic nitrogens is 3. The van der Waals surface area contributed by atoms with Crippen molar-refractivity contribution in [2.24, 2.45) is 0 Å². The highest BCUT2D eigenvalue weighted by Crippen LogP contribution is 2.46. The number of hydrogen-bond donors (Lipinski definition) is 1. The minimum absolute atomic E-state index is 0.431. The van der Waals surface area contributed by atoms with Crippen LogP contribution in [0.15, 0.2) is 40.9 Å². The molecule has 154 valence electrons. The van der Waals surface area contributed by atoms with Gasteiger partial charge in [-0.2, -0.15) is 0 Å².